The standard InChI is InChI=1S/C18H22N4O3S/c1-14-5-2-3-6-16(14)26(23,24)22-10-7-18(13-22)11-15(12-25-18)21-17-19-8-4-9-20-17/h2-6,8-9,15H,7,10-13H2,1H3,(H,19,20,21). The molecule has 1 N–H and O–H groups in total. The highest BCUT2D eigenvalue weighted by atomic mass is 32.2. The number of hydrogen-bond donors (Lipinski definition) is 1. The zero-order chi connectivity index (χ0) is 18.2. The molecule has 2 atom stereocenters. The zero-order valence-electron chi connectivity index (χ0n) is 14.6. The molecule has 2 aromatic rings. The third-order valence-corrected chi connectivity index (χ3v) is 7.11. The van der Waals surface area contributed by atoms with Crippen LogP contribution in [0.3, 0.4) is 0 Å². The van der Waals surface area contributed by atoms with Crippen molar-refractivity contribution in [3.05, 3.63) is 48.3 Å². The molecule has 8 heteroatoms. The Morgan fingerprint density at radius 2 is 2.00 bits per heavy atom. The molecule has 0 aliphatic carbocycles. The predicted molar refractivity (Wildman–Crippen MR) is 97.3 cm³/mol. The molecule has 26 heavy (non-hydrogen) atoms. The molecule has 4 rings (SSSR count). The highest BCUT2D eigenvalue weighted by Gasteiger charge is 2.48. The first-order valence-corrected chi connectivity index (χ1v) is 10.2. The number of sulfonamides is 1. The number of rotatable bonds is 4. The van der Waals surface area contributed by atoms with Crippen LogP contribution in [-0.4, -0.2) is 54.0 Å². The van der Waals surface area contributed by atoms with Crippen LogP contribution in [0.15, 0.2) is 47.6 Å². The Balaban J connectivity index is 1.46. The minimum atomic E-state index is -3.50. The Morgan fingerprint density at radius 1 is 1.23 bits per heavy atom. The first-order chi connectivity index (χ1) is 12.5. The number of aromatic nitrogens is 2. The quantitative estimate of drug-likeness (QED) is 0.879. The van der Waals surface area contributed by atoms with Crippen LogP contribution in [-0.2, 0) is 14.8 Å². The van der Waals surface area contributed by atoms with Gasteiger partial charge in [0.15, 0.2) is 0 Å². The lowest BCUT2D eigenvalue weighted by molar-refractivity contribution is 0.0173. The van der Waals surface area contributed by atoms with E-state index in [2.05, 4.69) is 15.3 Å². The number of nitrogens with zero attached hydrogens (tertiary/aromatic N) is 3. The predicted octanol–water partition coefficient (Wildman–Crippen LogP) is 1.82. The molecule has 3 heterocycles. The Hall–Kier alpha value is -2.03. The van der Waals surface area contributed by atoms with Crippen LogP contribution in [0.25, 0.3) is 0 Å². The minimum Gasteiger partial charge on any atom is -0.371 e. The molecular formula is C18H22N4O3S. The molecule has 138 valence electrons. The van der Waals surface area contributed by atoms with Crippen LogP contribution >= 0.6 is 0 Å². The molecule has 1 spiro atoms. The number of anilines is 1. The van der Waals surface area contributed by atoms with E-state index in [-0.39, 0.29) is 6.04 Å². The summed E-state index contributed by atoms with van der Waals surface area (Å²) in [5.74, 6) is 0.570. The van der Waals surface area contributed by atoms with Crippen LogP contribution in [0.1, 0.15) is 18.4 Å². The van der Waals surface area contributed by atoms with Gasteiger partial charge in [-0.05, 0) is 31.0 Å². The fourth-order valence-corrected chi connectivity index (χ4v) is 5.52. The van der Waals surface area contributed by atoms with Gasteiger partial charge < -0.3 is 10.1 Å². The summed E-state index contributed by atoms with van der Waals surface area (Å²) in [6, 6.07) is 8.95. The van der Waals surface area contributed by atoms with Gasteiger partial charge >= 0.3 is 0 Å². The molecule has 2 fully saturated rings. The number of aryl methyl sites for hydroxylation is 1. The Kier molecular flexibility index (Phi) is 4.42. The van der Waals surface area contributed by atoms with Crippen molar-refractivity contribution in [2.45, 2.75) is 36.3 Å². The molecular weight excluding hydrogens is 352 g/mol. The molecule has 1 aromatic carbocycles. The third-order valence-electron chi connectivity index (χ3n) is 5.10. The van der Waals surface area contributed by atoms with Crippen LogP contribution < -0.4 is 5.32 Å². The molecule has 7 nitrogen and oxygen atoms in total. The van der Waals surface area contributed by atoms with Crippen molar-refractivity contribution in [3.63, 3.8) is 0 Å². The summed E-state index contributed by atoms with van der Waals surface area (Å²) < 4.78 is 33.6. The molecule has 2 aliphatic rings. The maximum Gasteiger partial charge on any atom is 0.243 e. The van der Waals surface area contributed by atoms with E-state index in [0.29, 0.717) is 37.0 Å². The lowest BCUT2D eigenvalue weighted by Gasteiger charge is -2.23. The van der Waals surface area contributed by atoms with Crippen molar-refractivity contribution < 1.29 is 13.2 Å². The van der Waals surface area contributed by atoms with Gasteiger partial charge in [-0.25, -0.2) is 18.4 Å². The molecule has 0 saturated carbocycles. The Bertz CT molecular complexity index is 890. The number of ether oxygens (including phenoxy) is 1. The van der Waals surface area contributed by atoms with E-state index in [0.717, 1.165) is 12.0 Å². The molecule has 2 aliphatic heterocycles. The molecule has 0 radical (unpaired) electrons. The van der Waals surface area contributed by atoms with Gasteiger partial charge in [0.05, 0.1) is 23.1 Å². The number of nitrogens with one attached hydrogen (secondary N) is 1. The fourth-order valence-electron chi connectivity index (χ4n) is 3.78. The highest BCUT2D eigenvalue weighted by Crippen LogP contribution is 2.38. The van der Waals surface area contributed by atoms with Crippen molar-refractivity contribution in [3.8, 4) is 0 Å². The smallest absolute Gasteiger partial charge is 0.243 e. The van der Waals surface area contributed by atoms with Crippen LogP contribution in [0, 0.1) is 6.92 Å². The van der Waals surface area contributed by atoms with Gasteiger partial charge in [0.2, 0.25) is 16.0 Å². The van der Waals surface area contributed by atoms with Gasteiger partial charge in [0.25, 0.3) is 0 Å². The van der Waals surface area contributed by atoms with Gasteiger partial charge in [-0.3, -0.25) is 0 Å². The Morgan fingerprint density at radius 3 is 2.77 bits per heavy atom. The second-order valence-corrected chi connectivity index (χ2v) is 8.87. The summed E-state index contributed by atoms with van der Waals surface area (Å²) in [5, 5.41) is 3.27. The lowest BCUT2D eigenvalue weighted by Crippen LogP contribution is -2.36. The van der Waals surface area contributed by atoms with Crippen molar-refractivity contribution in [1.82, 2.24) is 14.3 Å². The topological polar surface area (TPSA) is 84.4 Å². The normalized spacial score (nSPS) is 26.4. The molecule has 2 saturated heterocycles. The van der Waals surface area contributed by atoms with Crippen LogP contribution in [0.4, 0.5) is 5.95 Å². The van der Waals surface area contributed by atoms with E-state index in [1.165, 1.54) is 0 Å². The molecule has 2 unspecified atom stereocenters. The van der Waals surface area contributed by atoms with E-state index in [9.17, 15) is 8.42 Å². The van der Waals surface area contributed by atoms with Crippen molar-refractivity contribution in [2.24, 2.45) is 0 Å². The van der Waals surface area contributed by atoms with Gasteiger partial charge in [0.1, 0.15) is 0 Å². The summed E-state index contributed by atoms with van der Waals surface area (Å²) in [6.07, 6.45) is 4.82. The van der Waals surface area contributed by atoms with Gasteiger partial charge in [-0.15, -0.1) is 0 Å². The molecule has 1 aromatic heterocycles. The summed E-state index contributed by atoms with van der Waals surface area (Å²) in [5.41, 5.74) is 0.337. The second kappa shape index (κ2) is 6.61. The monoisotopic (exact) mass is 374 g/mol. The van der Waals surface area contributed by atoms with Crippen LogP contribution in [0.2, 0.25) is 0 Å². The van der Waals surface area contributed by atoms with Gasteiger partial charge in [-0.2, -0.15) is 4.31 Å². The first kappa shape index (κ1) is 17.4. The largest absolute Gasteiger partial charge is 0.371 e. The molecule has 0 amide bonds. The summed E-state index contributed by atoms with van der Waals surface area (Å²) in [7, 11) is -3.50. The van der Waals surface area contributed by atoms with E-state index in [4.69, 9.17) is 4.74 Å². The second-order valence-electron chi connectivity index (χ2n) is 6.97. The van der Waals surface area contributed by atoms with E-state index < -0.39 is 15.6 Å². The van der Waals surface area contributed by atoms with Gasteiger partial charge in [0, 0.05) is 31.9 Å². The van der Waals surface area contributed by atoms with Crippen molar-refractivity contribution in [1.29, 1.82) is 0 Å². The van der Waals surface area contributed by atoms with Crippen molar-refractivity contribution >= 4 is 16.0 Å². The maximum atomic E-state index is 13.0. The third kappa shape index (κ3) is 3.20. The highest BCUT2D eigenvalue weighted by molar-refractivity contribution is 7.89. The van der Waals surface area contributed by atoms with E-state index >= 15 is 0 Å². The minimum absolute atomic E-state index is 0.0820. The van der Waals surface area contributed by atoms with E-state index in [1.807, 2.05) is 19.1 Å². The SMILES string of the molecule is Cc1ccccc1S(=O)(=O)N1CCC2(CC(Nc3ncccn3)CO2)C1. The Labute approximate surface area is 153 Å². The first-order valence-electron chi connectivity index (χ1n) is 8.72. The van der Waals surface area contributed by atoms with Gasteiger partial charge in [-0.1, -0.05) is 18.2 Å². The van der Waals surface area contributed by atoms with Crippen molar-refractivity contribution in [2.75, 3.05) is 25.0 Å². The zero-order valence-corrected chi connectivity index (χ0v) is 15.4. The summed E-state index contributed by atoms with van der Waals surface area (Å²) in [4.78, 5) is 8.73. The average molecular weight is 374 g/mol. The number of hydrogen-bond acceptors (Lipinski definition) is 6. The average Bonchev–Trinajstić information content (AvgIpc) is 3.23. The summed E-state index contributed by atoms with van der Waals surface area (Å²) in [6.45, 7) is 3.21. The summed E-state index contributed by atoms with van der Waals surface area (Å²) >= 11 is 0. The maximum absolute atomic E-state index is 13.0. The van der Waals surface area contributed by atoms with Crippen LogP contribution in [0.5, 0.6) is 0 Å². The fraction of sp³-hybridized carbons (Fsp3) is 0.444. The molecule has 0 bridgehead atoms. The van der Waals surface area contributed by atoms with E-state index in [1.54, 1.807) is 34.9 Å². The lowest BCUT2D eigenvalue weighted by atomic mass is 9.97. The number of benzene rings is 1.